The minimum absolute atomic E-state index is 0.0835. The fourth-order valence-electron chi connectivity index (χ4n) is 4.62. The van der Waals surface area contributed by atoms with Crippen LogP contribution in [0, 0.1) is 11.3 Å². The number of amides is 2. The average molecular weight is 433 g/mol. The number of hydrogen-bond donors (Lipinski definition) is 2. The highest BCUT2D eigenvalue weighted by Gasteiger charge is 2.46. The van der Waals surface area contributed by atoms with Crippen molar-refractivity contribution in [3.8, 4) is 5.75 Å². The number of nitrogens with one attached hydrogen (secondary N) is 1. The topological polar surface area (TPSA) is 78.9 Å². The van der Waals surface area contributed by atoms with E-state index in [-0.39, 0.29) is 19.0 Å². The minimum atomic E-state index is -0.918. The van der Waals surface area contributed by atoms with Crippen molar-refractivity contribution in [3.05, 3.63) is 40.6 Å². The van der Waals surface area contributed by atoms with Crippen molar-refractivity contribution in [2.24, 2.45) is 11.3 Å². The monoisotopic (exact) mass is 432 g/mol. The van der Waals surface area contributed by atoms with Gasteiger partial charge in [-0.3, -0.25) is 4.79 Å². The summed E-state index contributed by atoms with van der Waals surface area (Å²) in [5.41, 5.74) is 1.81. The number of hydrogen-bond acceptors (Lipinski definition) is 3. The molecule has 1 heterocycles. The highest BCUT2D eigenvalue weighted by Crippen LogP contribution is 2.52. The van der Waals surface area contributed by atoms with Crippen LogP contribution in [-0.2, 0) is 10.3 Å². The van der Waals surface area contributed by atoms with E-state index in [1.54, 1.807) is 0 Å². The molecule has 6 nitrogen and oxygen atoms in total. The number of carboxylic acids is 1. The van der Waals surface area contributed by atoms with Gasteiger partial charge in [-0.1, -0.05) is 37.9 Å². The Morgan fingerprint density at radius 3 is 2.80 bits per heavy atom. The molecule has 1 aromatic carbocycles. The summed E-state index contributed by atoms with van der Waals surface area (Å²) in [7, 11) is 0. The molecule has 0 spiro atoms. The number of urea groups is 1. The van der Waals surface area contributed by atoms with Crippen LogP contribution in [0.3, 0.4) is 0 Å². The molecule has 7 heteroatoms. The first-order chi connectivity index (χ1) is 14.2. The predicted octanol–water partition coefficient (Wildman–Crippen LogP) is 4.92. The maximum atomic E-state index is 12.8. The fraction of sp³-hybridized carbons (Fsp3) is 0.565. The first-order valence-electron chi connectivity index (χ1n) is 10.7. The van der Waals surface area contributed by atoms with E-state index in [1.165, 1.54) is 11.3 Å². The molecule has 0 bridgehead atoms. The molecule has 2 saturated carbocycles. The van der Waals surface area contributed by atoms with E-state index in [0.717, 1.165) is 36.8 Å². The quantitative estimate of drug-likeness (QED) is 0.641. The molecule has 4 rings (SSSR count). The van der Waals surface area contributed by atoms with Gasteiger partial charge in [0.2, 0.25) is 0 Å². The Bertz CT molecular complexity index is 897. The van der Waals surface area contributed by atoms with Crippen molar-refractivity contribution in [2.75, 3.05) is 13.2 Å². The normalized spacial score (nSPS) is 27.0. The molecular weight excluding hydrogens is 404 g/mol. The summed E-state index contributed by atoms with van der Waals surface area (Å²) in [5.74, 6) is 0.318. The Hall–Kier alpha value is -2.21. The highest BCUT2D eigenvalue weighted by atomic mass is 35.5. The number of fused-ring (bicyclic) bond motifs is 1. The number of benzene rings is 1. The molecule has 3 aliphatic rings. The van der Waals surface area contributed by atoms with Crippen LogP contribution in [0.25, 0.3) is 0 Å². The van der Waals surface area contributed by atoms with E-state index in [0.29, 0.717) is 28.7 Å². The molecule has 0 saturated heterocycles. The van der Waals surface area contributed by atoms with Crippen molar-refractivity contribution < 1.29 is 19.4 Å². The zero-order valence-electron chi connectivity index (χ0n) is 17.5. The van der Waals surface area contributed by atoms with Crippen molar-refractivity contribution in [1.82, 2.24) is 10.2 Å². The van der Waals surface area contributed by atoms with E-state index in [2.05, 4.69) is 19.2 Å². The van der Waals surface area contributed by atoms with Crippen LogP contribution in [-0.4, -0.2) is 35.2 Å². The number of carboxylic acid groups (broad SMARTS) is 1. The number of ether oxygens (including phenoxy) is 1. The Morgan fingerprint density at radius 1 is 1.37 bits per heavy atom. The second-order valence-corrected chi connectivity index (χ2v) is 9.79. The molecule has 0 radical (unpaired) electrons. The first-order valence-corrected chi connectivity index (χ1v) is 11.0. The smallest absolute Gasteiger partial charge is 0.322 e. The molecular formula is C23H29ClN2O4. The van der Waals surface area contributed by atoms with Crippen molar-refractivity contribution in [2.45, 2.75) is 57.9 Å². The van der Waals surface area contributed by atoms with Gasteiger partial charge in [-0.05, 0) is 60.3 Å². The molecule has 2 amide bonds. The van der Waals surface area contributed by atoms with Crippen LogP contribution in [0.1, 0.15) is 57.9 Å². The summed E-state index contributed by atoms with van der Waals surface area (Å²) in [5, 5.41) is 12.7. The Morgan fingerprint density at radius 2 is 2.13 bits per heavy atom. The van der Waals surface area contributed by atoms with Gasteiger partial charge < -0.3 is 20.1 Å². The summed E-state index contributed by atoms with van der Waals surface area (Å²) in [4.78, 5) is 25.1. The first kappa shape index (κ1) is 21.0. The number of halogens is 1. The summed E-state index contributed by atoms with van der Waals surface area (Å²) in [6.07, 6.45) is 6.63. The third-order valence-electron chi connectivity index (χ3n) is 6.84. The van der Waals surface area contributed by atoms with Crippen LogP contribution in [0.2, 0.25) is 5.02 Å². The average Bonchev–Trinajstić information content (AvgIpc) is 3.31. The van der Waals surface area contributed by atoms with Crippen LogP contribution in [0.15, 0.2) is 30.0 Å². The minimum Gasteiger partial charge on any atom is -0.492 e. The highest BCUT2D eigenvalue weighted by molar-refractivity contribution is 6.32. The number of nitrogens with zero attached hydrogens (tertiary/aromatic N) is 1. The van der Waals surface area contributed by atoms with Gasteiger partial charge in [-0.25, -0.2) is 4.79 Å². The van der Waals surface area contributed by atoms with Gasteiger partial charge in [0, 0.05) is 12.7 Å². The molecule has 30 heavy (non-hydrogen) atoms. The zero-order valence-corrected chi connectivity index (χ0v) is 18.3. The van der Waals surface area contributed by atoms with Gasteiger partial charge in [0.25, 0.3) is 0 Å². The summed E-state index contributed by atoms with van der Waals surface area (Å²) < 4.78 is 5.97. The number of aliphatic carboxylic acids is 1. The molecule has 0 aromatic heterocycles. The van der Waals surface area contributed by atoms with Gasteiger partial charge >= 0.3 is 12.0 Å². The number of carbonyl (C=O) groups is 2. The van der Waals surface area contributed by atoms with Gasteiger partial charge in [0.15, 0.2) is 0 Å². The lowest BCUT2D eigenvalue weighted by Crippen LogP contribution is -2.56. The zero-order chi connectivity index (χ0) is 21.5. The van der Waals surface area contributed by atoms with Gasteiger partial charge in [0.1, 0.15) is 5.75 Å². The fourth-order valence-corrected chi connectivity index (χ4v) is 4.85. The molecule has 1 aliphatic heterocycles. The van der Waals surface area contributed by atoms with E-state index in [1.807, 2.05) is 24.4 Å². The predicted molar refractivity (Wildman–Crippen MR) is 115 cm³/mol. The molecule has 2 aliphatic carbocycles. The molecule has 2 N–H and O–H groups in total. The molecule has 1 aromatic rings. The van der Waals surface area contributed by atoms with E-state index < -0.39 is 11.5 Å². The molecule has 2 atom stereocenters. The van der Waals surface area contributed by atoms with E-state index in [9.17, 15) is 9.59 Å². The van der Waals surface area contributed by atoms with Gasteiger partial charge in [-0.2, -0.15) is 0 Å². The Labute approximate surface area is 182 Å². The summed E-state index contributed by atoms with van der Waals surface area (Å²) in [6, 6.07) is 5.53. The van der Waals surface area contributed by atoms with E-state index >= 15 is 0 Å². The molecule has 162 valence electrons. The van der Waals surface area contributed by atoms with Crippen molar-refractivity contribution in [1.29, 1.82) is 0 Å². The summed E-state index contributed by atoms with van der Waals surface area (Å²) >= 11 is 6.57. The second kappa shape index (κ2) is 7.80. The lowest BCUT2D eigenvalue weighted by atomic mass is 9.72. The summed E-state index contributed by atoms with van der Waals surface area (Å²) in [6.45, 7) is 5.31. The van der Waals surface area contributed by atoms with Crippen molar-refractivity contribution in [3.63, 3.8) is 0 Å². The molecule has 2 unspecified atom stereocenters. The maximum Gasteiger partial charge on any atom is 0.322 e. The standard InChI is InChI=1S/C23H29ClN2O4/c1-22(2)12-17(22)14-30-19-7-6-15(11-18(19)24)23-9-4-3-5-16(23)13-26(21(29)25-23)10-8-20(27)28/h6-7,11,13,17H,3-5,8-10,12,14H2,1-2H3,(H,25,29)(H,27,28). The largest absolute Gasteiger partial charge is 0.492 e. The van der Waals surface area contributed by atoms with Crippen LogP contribution in [0.4, 0.5) is 4.79 Å². The third kappa shape index (κ3) is 4.02. The number of carbonyl (C=O) groups excluding carboxylic acids is 1. The SMILES string of the molecule is CC1(C)CC1COc1ccc(C23CCCCC2=CN(CCC(=O)O)C(=O)N3)cc1Cl. The molecule has 2 fully saturated rings. The van der Waals surface area contributed by atoms with Crippen LogP contribution < -0.4 is 10.1 Å². The maximum absolute atomic E-state index is 12.8. The Balaban J connectivity index is 1.56. The third-order valence-corrected chi connectivity index (χ3v) is 7.13. The van der Waals surface area contributed by atoms with Gasteiger partial charge in [0.05, 0.1) is 23.6 Å². The number of rotatable bonds is 7. The van der Waals surface area contributed by atoms with Gasteiger partial charge in [-0.15, -0.1) is 0 Å². The second-order valence-electron chi connectivity index (χ2n) is 9.38. The van der Waals surface area contributed by atoms with Crippen LogP contribution in [0.5, 0.6) is 5.75 Å². The van der Waals surface area contributed by atoms with E-state index in [4.69, 9.17) is 21.4 Å². The lowest BCUT2D eigenvalue weighted by molar-refractivity contribution is -0.137. The van der Waals surface area contributed by atoms with Crippen molar-refractivity contribution >= 4 is 23.6 Å². The Kier molecular flexibility index (Phi) is 5.47. The lowest BCUT2D eigenvalue weighted by Gasteiger charge is -2.45. The van der Waals surface area contributed by atoms with Crippen LogP contribution >= 0.6 is 11.6 Å².